The van der Waals surface area contributed by atoms with Crippen LogP contribution in [-0.2, 0) is 9.59 Å². The Morgan fingerprint density at radius 1 is 1.62 bits per heavy atom. The highest BCUT2D eigenvalue weighted by atomic mass is 16.4. The molecule has 16 heavy (non-hydrogen) atoms. The summed E-state index contributed by atoms with van der Waals surface area (Å²) in [6.45, 7) is 3.55. The van der Waals surface area contributed by atoms with Crippen LogP contribution in [0.4, 0.5) is 0 Å². The molecule has 0 radical (unpaired) electrons. The fraction of sp³-hybridized carbons (Fsp3) is 0.818. The van der Waals surface area contributed by atoms with Gasteiger partial charge in [0.05, 0.1) is 0 Å². The van der Waals surface area contributed by atoms with Crippen molar-refractivity contribution >= 4 is 12.4 Å². The van der Waals surface area contributed by atoms with Gasteiger partial charge in [-0.15, -0.1) is 0 Å². The van der Waals surface area contributed by atoms with Gasteiger partial charge in [-0.1, -0.05) is 0 Å². The zero-order chi connectivity index (χ0) is 11.8. The number of carbonyl (C=O) groups excluding carboxylic acids is 1. The number of aliphatic carboxylic acids is 1. The van der Waals surface area contributed by atoms with Crippen LogP contribution in [0.1, 0.15) is 26.2 Å². The fourth-order valence-corrected chi connectivity index (χ4v) is 2.58. The molecule has 1 unspecified atom stereocenters. The van der Waals surface area contributed by atoms with Gasteiger partial charge in [-0.2, -0.15) is 0 Å². The summed E-state index contributed by atoms with van der Waals surface area (Å²) < 4.78 is 0. The predicted molar refractivity (Wildman–Crippen MR) is 58.0 cm³/mol. The summed E-state index contributed by atoms with van der Waals surface area (Å²) in [7, 11) is 0. The summed E-state index contributed by atoms with van der Waals surface area (Å²) in [5.74, 6) is -0.871. The molecule has 0 aromatic carbocycles. The van der Waals surface area contributed by atoms with Gasteiger partial charge < -0.3 is 10.0 Å². The predicted octanol–water partition coefficient (Wildman–Crippen LogP) is 0.156. The van der Waals surface area contributed by atoms with Crippen LogP contribution < -0.4 is 0 Å². The van der Waals surface area contributed by atoms with Gasteiger partial charge >= 0.3 is 5.97 Å². The van der Waals surface area contributed by atoms with Crippen LogP contribution in [0.5, 0.6) is 0 Å². The minimum atomic E-state index is -0.987. The van der Waals surface area contributed by atoms with Gasteiger partial charge in [-0.05, 0) is 26.2 Å². The summed E-state index contributed by atoms with van der Waals surface area (Å²) >= 11 is 0. The van der Waals surface area contributed by atoms with Gasteiger partial charge in [0.2, 0.25) is 6.41 Å². The summed E-state index contributed by atoms with van der Waals surface area (Å²) in [6, 6.07) is 0.562. The van der Waals surface area contributed by atoms with E-state index in [4.69, 9.17) is 0 Å². The van der Waals surface area contributed by atoms with Crippen molar-refractivity contribution in [3.8, 4) is 0 Å². The Kier molecular flexibility index (Phi) is 2.88. The molecule has 1 aliphatic carbocycles. The van der Waals surface area contributed by atoms with Gasteiger partial charge in [0, 0.05) is 25.7 Å². The van der Waals surface area contributed by atoms with Crippen molar-refractivity contribution in [3.05, 3.63) is 0 Å². The summed E-state index contributed by atoms with van der Waals surface area (Å²) in [6.07, 6.45) is 3.56. The van der Waals surface area contributed by atoms with Crippen molar-refractivity contribution in [2.75, 3.05) is 19.6 Å². The molecule has 5 nitrogen and oxygen atoms in total. The third-order valence-corrected chi connectivity index (χ3v) is 3.76. The van der Waals surface area contributed by atoms with E-state index in [1.165, 1.54) is 17.7 Å². The van der Waals surface area contributed by atoms with Crippen LogP contribution in [0.25, 0.3) is 0 Å². The Balaban J connectivity index is 2.16. The second kappa shape index (κ2) is 4.05. The zero-order valence-electron chi connectivity index (χ0n) is 9.56. The number of likely N-dealkylation sites (N-methyl/N-ethyl adjacent to an activating group) is 1. The van der Waals surface area contributed by atoms with Gasteiger partial charge in [0.15, 0.2) is 5.54 Å². The van der Waals surface area contributed by atoms with E-state index in [0.717, 1.165) is 6.54 Å². The topological polar surface area (TPSA) is 60.9 Å². The van der Waals surface area contributed by atoms with Crippen LogP contribution >= 0.6 is 0 Å². The highest BCUT2D eigenvalue weighted by Gasteiger charge is 2.51. The molecule has 1 N–H and O–H groups in total. The lowest BCUT2D eigenvalue weighted by Gasteiger charge is -2.34. The van der Waals surface area contributed by atoms with Crippen molar-refractivity contribution < 1.29 is 14.7 Å². The van der Waals surface area contributed by atoms with E-state index >= 15 is 0 Å². The zero-order valence-corrected chi connectivity index (χ0v) is 9.56. The number of rotatable bonds is 5. The monoisotopic (exact) mass is 226 g/mol. The minimum absolute atomic E-state index is 0.453. The van der Waals surface area contributed by atoms with Crippen molar-refractivity contribution in [1.29, 1.82) is 0 Å². The number of hydrogen-bond donors (Lipinski definition) is 1. The second-order valence-corrected chi connectivity index (χ2v) is 4.68. The number of hydrogen-bond acceptors (Lipinski definition) is 3. The summed E-state index contributed by atoms with van der Waals surface area (Å²) in [5, 5.41) is 9.39. The average molecular weight is 226 g/mol. The van der Waals surface area contributed by atoms with Gasteiger partial charge in [-0.3, -0.25) is 9.69 Å². The first-order chi connectivity index (χ1) is 7.64. The third-order valence-electron chi connectivity index (χ3n) is 3.76. The van der Waals surface area contributed by atoms with E-state index in [2.05, 4.69) is 4.90 Å². The molecule has 1 saturated carbocycles. The highest BCUT2D eigenvalue weighted by Crippen LogP contribution is 2.35. The lowest BCUT2D eigenvalue weighted by Crippen LogP contribution is -2.56. The highest BCUT2D eigenvalue weighted by molar-refractivity contribution is 5.82. The van der Waals surface area contributed by atoms with Crippen molar-refractivity contribution in [2.45, 2.75) is 37.8 Å². The first kappa shape index (κ1) is 11.4. The van der Waals surface area contributed by atoms with E-state index in [9.17, 15) is 14.7 Å². The van der Waals surface area contributed by atoms with Crippen LogP contribution in [0.15, 0.2) is 0 Å². The van der Waals surface area contributed by atoms with Crippen molar-refractivity contribution in [3.63, 3.8) is 0 Å². The number of nitrogens with zero attached hydrogens (tertiary/aromatic N) is 2. The quantitative estimate of drug-likeness (QED) is 0.678. The number of carbonyl (C=O) groups is 2. The van der Waals surface area contributed by atoms with E-state index < -0.39 is 11.5 Å². The molecule has 1 heterocycles. The molecule has 1 aliphatic heterocycles. The van der Waals surface area contributed by atoms with Crippen LogP contribution in [0, 0.1) is 0 Å². The molecule has 0 aromatic rings. The molecular weight excluding hydrogens is 208 g/mol. The molecular formula is C11H18N2O3. The van der Waals surface area contributed by atoms with Crippen LogP contribution in [-0.4, -0.2) is 58.5 Å². The van der Waals surface area contributed by atoms with Crippen LogP contribution in [0.3, 0.4) is 0 Å². The maximum atomic E-state index is 11.4. The molecule has 2 aliphatic rings. The molecule has 1 atom stereocenters. The summed E-state index contributed by atoms with van der Waals surface area (Å²) in [4.78, 5) is 26.0. The van der Waals surface area contributed by atoms with Crippen molar-refractivity contribution in [2.24, 2.45) is 0 Å². The molecule has 0 spiro atoms. The number of carboxylic acids is 1. The molecule has 2 rings (SSSR count). The smallest absolute Gasteiger partial charge is 0.331 e. The normalized spacial score (nSPS) is 30.3. The Hall–Kier alpha value is -1.10. The molecule has 0 aromatic heterocycles. The first-order valence-corrected chi connectivity index (χ1v) is 5.83. The average Bonchev–Trinajstić information content (AvgIpc) is 3.01. The third kappa shape index (κ3) is 1.69. The molecule has 90 valence electrons. The molecule has 1 amide bonds. The Labute approximate surface area is 95.0 Å². The van der Waals surface area contributed by atoms with Gasteiger partial charge in [-0.25, -0.2) is 4.79 Å². The molecule has 1 saturated heterocycles. The number of amides is 1. The molecule has 0 bridgehead atoms. The summed E-state index contributed by atoms with van der Waals surface area (Å²) in [5.41, 5.74) is -0.987. The maximum Gasteiger partial charge on any atom is 0.331 e. The first-order valence-electron chi connectivity index (χ1n) is 5.83. The number of likely N-dealkylation sites (tertiary alicyclic amines) is 1. The molecule has 5 heteroatoms. The Morgan fingerprint density at radius 3 is 2.75 bits per heavy atom. The Bertz CT molecular complexity index is 304. The van der Waals surface area contributed by atoms with Gasteiger partial charge in [0.1, 0.15) is 0 Å². The van der Waals surface area contributed by atoms with E-state index in [-0.39, 0.29) is 0 Å². The largest absolute Gasteiger partial charge is 0.479 e. The standard InChI is InChI=1S/C11H18N2O3/c1-2-13(8-14)11(10(15)16)5-6-12(7-11)9-3-4-9/h8-9H,2-7H2,1H3,(H,15,16). The van der Waals surface area contributed by atoms with Gasteiger partial charge in [0.25, 0.3) is 0 Å². The number of carboxylic acid groups (broad SMARTS) is 1. The lowest BCUT2D eigenvalue weighted by molar-refractivity contribution is -0.154. The Morgan fingerprint density at radius 2 is 2.31 bits per heavy atom. The van der Waals surface area contributed by atoms with E-state index in [0.29, 0.717) is 32.0 Å². The van der Waals surface area contributed by atoms with E-state index in [1.54, 1.807) is 0 Å². The second-order valence-electron chi connectivity index (χ2n) is 4.68. The van der Waals surface area contributed by atoms with Crippen molar-refractivity contribution in [1.82, 2.24) is 9.80 Å². The SMILES string of the molecule is CCN(C=O)C1(C(=O)O)CCN(C2CC2)C1. The fourth-order valence-electron chi connectivity index (χ4n) is 2.58. The van der Waals surface area contributed by atoms with Crippen LogP contribution in [0.2, 0.25) is 0 Å². The molecule has 2 fully saturated rings. The van der Waals surface area contributed by atoms with E-state index in [1.807, 2.05) is 6.92 Å². The lowest BCUT2D eigenvalue weighted by atomic mass is 9.97. The maximum absolute atomic E-state index is 11.4. The minimum Gasteiger partial charge on any atom is -0.479 e.